The Labute approximate surface area is 218 Å². The number of aliphatic imine (C=N–C) groups is 1. The SMILES string of the molecule is CCN1C(=O)/C(=C\c2c(OCc3ccccc3)ccc3ccccc23)SC1=Nc1ccc(C(=O)O)cc1. The highest BCUT2D eigenvalue weighted by Gasteiger charge is 2.32. The Bertz CT molecular complexity index is 1530. The fourth-order valence-corrected chi connectivity index (χ4v) is 5.12. The maximum Gasteiger partial charge on any atom is 0.335 e. The summed E-state index contributed by atoms with van der Waals surface area (Å²) in [5, 5.41) is 11.7. The molecule has 1 saturated heterocycles. The van der Waals surface area contributed by atoms with E-state index in [0.717, 1.165) is 21.9 Å². The molecule has 4 aromatic carbocycles. The van der Waals surface area contributed by atoms with Crippen LogP contribution in [0.2, 0.25) is 0 Å². The van der Waals surface area contributed by atoms with Gasteiger partial charge in [0.2, 0.25) is 0 Å². The van der Waals surface area contributed by atoms with Crippen LogP contribution >= 0.6 is 11.8 Å². The molecular formula is C30H24N2O4S. The molecule has 5 rings (SSSR count). The molecule has 7 heteroatoms. The number of hydrogen-bond donors (Lipinski definition) is 1. The summed E-state index contributed by atoms with van der Waals surface area (Å²) < 4.78 is 6.23. The van der Waals surface area contributed by atoms with Crippen molar-refractivity contribution in [2.24, 2.45) is 4.99 Å². The summed E-state index contributed by atoms with van der Waals surface area (Å²) in [7, 11) is 0. The quantitative estimate of drug-likeness (QED) is 0.280. The van der Waals surface area contributed by atoms with Gasteiger partial charge in [-0.15, -0.1) is 0 Å². The Hall–Kier alpha value is -4.36. The van der Waals surface area contributed by atoms with Crippen LogP contribution < -0.4 is 4.74 Å². The second-order valence-electron chi connectivity index (χ2n) is 8.38. The molecule has 0 unspecified atom stereocenters. The van der Waals surface area contributed by atoms with Crippen LogP contribution in [0, 0.1) is 0 Å². The van der Waals surface area contributed by atoms with E-state index < -0.39 is 5.97 Å². The average Bonchev–Trinajstić information content (AvgIpc) is 3.22. The standard InChI is InChI=1S/C30H24N2O4S/c1-2-32-28(33)27(37-30(32)31-23-15-12-22(13-16-23)29(34)35)18-25-24-11-7-6-10-21(24)14-17-26(25)36-19-20-8-4-3-5-9-20/h3-18H,2,19H2,1H3,(H,34,35)/b27-18+,31-30?. The fraction of sp³-hybridized carbons (Fsp3) is 0.100. The lowest BCUT2D eigenvalue weighted by atomic mass is 10.0. The summed E-state index contributed by atoms with van der Waals surface area (Å²) in [5.74, 6) is -0.429. The van der Waals surface area contributed by atoms with E-state index in [-0.39, 0.29) is 11.5 Å². The number of ether oxygens (including phenoxy) is 1. The smallest absolute Gasteiger partial charge is 0.335 e. The normalized spacial score (nSPS) is 15.6. The Morgan fingerprint density at radius 3 is 2.43 bits per heavy atom. The molecule has 0 spiro atoms. The number of aromatic carboxylic acids is 1. The molecule has 1 amide bonds. The number of thioether (sulfide) groups is 1. The van der Waals surface area contributed by atoms with Crippen LogP contribution in [-0.4, -0.2) is 33.6 Å². The molecule has 1 fully saturated rings. The van der Waals surface area contributed by atoms with E-state index in [4.69, 9.17) is 9.84 Å². The average molecular weight is 509 g/mol. The zero-order valence-electron chi connectivity index (χ0n) is 20.1. The number of carboxylic acid groups (broad SMARTS) is 1. The molecule has 1 heterocycles. The first kappa shape index (κ1) is 24.3. The number of carbonyl (C=O) groups excluding carboxylic acids is 1. The van der Waals surface area contributed by atoms with E-state index in [1.165, 1.54) is 23.9 Å². The van der Waals surface area contributed by atoms with Crippen molar-refractivity contribution < 1.29 is 19.4 Å². The molecule has 0 saturated carbocycles. The number of likely N-dealkylation sites (N-methyl/N-ethyl adjacent to an activating group) is 1. The number of benzene rings is 4. The highest BCUT2D eigenvalue weighted by Crippen LogP contribution is 2.38. The minimum atomic E-state index is -0.995. The molecule has 1 aliphatic rings. The van der Waals surface area contributed by atoms with Crippen molar-refractivity contribution in [2.45, 2.75) is 13.5 Å². The maximum absolute atomic E-state index is 13.3. The topological polar surface area (TPSA) is 79.2 Å². The van der Waals surface area contributed by atoms with Gasteiger partial charge in [-0.05, 0) is 71.4 Å². The monoisotopic (exact) mass is 508 g/mol. The summed E-state index contributed by atoms with van der Waals surface area (Å²) in [4.78, 5) is 31.3. The Morgan fingerprint density at radius 1 is 0.973 bits per heavy atom. The zero-order chi connectivity index (χ0) is 25.8. The molecule has 1 aliphatic heterocycles. The summed E-state index contributed by atoms with van der Waals surface area (Å²) in [5.41, 5.74) is 2.66. The third-order valence-corrected chi connectivity index (χ3v) is 6.99. The van der Waals surface area contributed by atoms with Crippen LogP contribution in [0.5, 0.6) is 5.75 Å². The van der Waals surface area contributed by atoms with Crippen LogP contribution in [0.4, 0.5) is 5.69 Å². The molecule has 4 aromatic rings. The predicted molar refractivity (Wildman–Crippen MR) is 148 cm³/mol. The third kappa shape index (κ3) is 5.27. The Balaban J connectivity index is 1.51. The van der Waals surface area contributed by atoms with E-state index in [2.05, 4.69) is 4.99 Å². The number of rotatable bonds is 7. The first-order chi connectivity index (χ1) is 18.0. The second kappa shape index (κ2) is 10.7. The zero-order valence-corrected chi connectivity index (χ0v) is 20.9. The molecule has 6 nitrogen and oxygen atoms in total. The van der Waals surface area contributed by atoms with Gasteiger partial charge >= 0.3 is 5.97 Å². The molecule has 0 aromatic heterocycles. The van der Waals surface area contributed by atoms with E-state index in [9.17, 15) is 9.59 Å². The van der Waals surface area contributed by atoms with Crippen molar-refractivity contribution in [3.63, 3.8) is 0 Å². The van der Waals surface area contributed by atoms with E-state index in [0.29, 0.717) is 34.7 Å². The van der Waals surface area contributed by atoms with Crippen LogP contribution in [0.1, 0.15) is 28.4 Å². The fourth-order valence-electron chi connectivity index (χ4n) is 4.08. The number of nitrogens with zero attached hydrogens (tertiary/aromatic N) is 2. The van der Waals surface area contributed by atoms with E-state index in [1.807, 2.05) is 79.7 Å². The highest BCUT2D eigenvalue weighted by atomic mass is 32.2. The maximum atomic E-state index is 13.3. The minimum absolute atomic E-state index is 0.129. The van der Waals surface area contributed by atoms with Crippen LogP contribution in [0.3, 0.4) is 0 Å². The number of amidine groups is 1. The van der Waals surface area contributed by atoms with Crippen molar-refractivity contribution in [3.05, 3.63) is 113 Å². The lowest BCUT2D eigenvalue weighted by molar-refractivity contribution is -0.122. The van der Waals surface area contributed by atoms with Crippen LogP contribution in [-0.2, 0) is 11.4 Å². The molecular weight excluding hydrogens is 484 g/mol. The first-order valence-electron chi connectivity index (χ1n) is 11.9. The summed E-state index contributed by atoms with van der Waals surface area (Å²) in [6.45, 7) is 2.77. The number of carboxylic acids is 1. The van der Waals surface area contributed by atoms with Gasteiger partial charge in [0.1, 0.15) is 12.4 Å². The molecule has 37 heavy (non-hydrogen) atoms. The summed E-state index contributed by atoms with van der Waals surface area (Å²) in [6, 6.07) is 28.2. The Kier molecular flexibility index (Phi) is 7.05. The molecule has 0 radical (unpaired) electrons. The predicted octanol–water partition coefficient (Wildman–Crippen LogP) is 6.74. The van der Waals surface area contributed by atoms with Gasteiger partial charge in [-0.2, -0.15) is 0 Å². The summed E-state index contributed by atoms with van der Waals surface area (Å²) in [6.07, 6.45) is 1.88. The van der Waals surface area contributed by atoms with Crippen molar-refractivity contribution in [1.29, 1.82) is 0 Å². The van der Waals surface area contributed by atoms with Gasteiger partial charge in [-0.25, -0.2) is 9.79 Å². The van der Waals surface area contributed by atoms with E-state index in [1.54, 1.807) is 17.0 Å². The van der Waals surface area contributed by atoms with Gasteiger partial charge < -0.3 is 9.84 Å². The minimum Gasteiger partial charge on any atom is -0.488 e. The second-order valence-corrected chi connectivity index (χ2v) is 9.39. The number of carbonyl (C=O) groups is 2. The van der Waals surface area contributed by atoms with Gasteiger partial charge in [-0.1, -0.05) is 60.7 Å². The largest absolute Gasteiger partial charge is 0.488 e. The van der Waals surface area contributed by atoms with Crippen LogP contribution in [0.25, 0.3) is 16.8 Å². The van der Waals surface area contributed by atoms with Crippen molar-refractivity contribution in [1.82, 2.24) is 4.90 Å². The highest BCUT2D eigenvalue weighted by molar-refractivity contribution is 8.18. The molecule has 184 valence electrons. The van der Waals surface area contributed by atoms with Crippen molar-refractivity contribution >= 4 is 51.3 Å². The number of hydrogen-bond acceptors (Lipinski definition) is 5. The van der Waals surface area contributed by atoms with Crippen LogP contribution in [0.15, 0.2) is 101 Å². The number of fused-ring (bicyclic) bond motifs is 1. The Morgan fingerprint density at radius 2 is 1.70 bits per heavy atom. The van der Waals surface area contributed by atoms with Crippen molar-refractivity contribution in [2.75, 3.05) is 6.54 Å². The molecule has 0 aliphatic carbocycles. The van der Waals surface area contributed by atoms with E-state index >= 15 is 0 Å². The van der Waals surface area contributed by atoms with Gasteiger partial charge in [0.25, 0.3) is 5.91 Å². The molecule has 0 atom stereocenters. The lowest BCUT2D eigenvalue weighted by Crippen LogP contribution is -2.28. The third-order valence-electron chi connectivity index (χ3n) is 5.99. The number of amides is 1. The molecule has 1 N–H and O–H groups in total. The van der Waals surface area contributed by atoms with Gasteiger partial charge in [0.15, 0.2) is 5.17 Å². The van der Waals surface area contributed by atoms with Gasteiger partial charge in [-0.3, -0.25) is 9.69 Å². The van der Waals surface area contributed by atoms with Crippen molar-refractivity contribution in [3.8, 4) is 5.75 Å². The molecule has 0 bridgehead atoms. The van der Waals surface area contributed by atoms with Gasteiger partial charge in [0, 0.05) is 12.1 Å². The summed E-state index contributed by atoms with van der Waals surface area (Å²) >= 11 is 1.30. The first-order valence-corrected chi connectivity index (χ1v) is 12.7. The lowest BCUT2D eigenvalue weighted by Gasteiger charge is -2.13. The van der Waals surface area contributed by atoms with Gasteiger partial charge in [0.05, 0.1) is 16.2 Å².